The molecule has 0 aliphatic carbocycles. The quantitative estimate of drug-likeness (QED) is 0.818. The van der Waals surface area contributed by atoms with Crippen LogP contribution in [0.5, 0.6) is 17.2 Å². The molecule has 1 N–H and O–H groups in total. The van der Waals surface area contributed by atoms with Gasteiger partial charge in [0.05, 0.1) is 38.0 Å². The molecule has 2 aromatic carbocycles. The molecule has 0 saturated carbocycles. The van der Waals surface area contributed by atoms with Crippen LogP contribution in [0.1, 0.15) is 12.0 Å². The minimum atomic E-state index is -0.189. The van der Waals surface area contributed by atoms with Crippen LogP contribution in [0.2, 0.25) is 5.02 Å². The van der Waals surface area contributed by atoms with Crippen LogP contribution in [0.3, 0.4) is 0 Å². The molecule has 0 aromatic heterocycles. The fraction of sp³-hybridized carbons (Fsp3) is 0.278. The molecule has 2 rings (SSSR count). The van der Waals surface area contributed by atoms with Gasteiger partial charge in [-0.25, -0.2) is 0 Å². The Hall–Kier alpha value is -2.40. The Morgan fingerprint density at radius 3 is 2.46 bits per heavy atom. The standard InChI is InChI=1S/C18H20ClNO4/c1-12-6-4-5-7-15(12)24-9-8-18(21)20-14-11-16(22-2)13(19)10-17(14)23-3/h4-7,10-11H,8-9H2,1-3H3,(H,20,21). The first-order valence-corrected chi connectivity index (χ1v) is 7.82. The van der Waals surface area contributed by atoms with Crippen molar-refractivity contribution in [1.29, 1.82) is 0 Å². The third-order valence-electron chi connectivity index (χ3n) is 3.43. The molecule has 0 spiro atoms. The van der Waals surface area contributed by atoms with E-state index < -0.39 is 0 Å². The zero-order chi connectivity index (χ0) is 17.5. The fourth-order valence-corrected chi connectivity index (χ4v) is 2.37. The minimum absolute atomic E-state index is 0.189. The van der Waals surface area contributed by atoms with E-state index in [1.54, 1.807) is 12.1 Å². The molecule has 0 radical (unpaired) electrons. The predicted molar refractivity (Wildman–Crippen MR) is 94.5 cm³/mol. The molecule has 0 fully saturated rings. The van der Waals surface area contributed by atoms with Gasteiger partial charge in [-0.15, -0.1) is 0 Å². The van der Waals surface area contributed by atoms with Crippen molar-refractivity contribution in [1.82, 2.24) is 0 Å². The SMILES string of the molecule is COc1cc(NC(=O)CCOc2ccccc2C)c(OC)cc1Cl. The first-order chi connectivity index (χ1) is 11.5. The molecule has 0 atom stereocenters. The number of hydrogen-bond acceptors (Lipinski definition) is 4. The Kier molecular flexibility index (Phi) is 6.32. The van der Waals surface area contributed by atoms with E-state index in [2.05, 4.69) is 5.32 Å². The van der Waals surface area contributed by atoms with Crippen LogP contribution in [-0.2, 0) is 4.79 Å². The van der Waals surface area contributed by atoms with Gasteiger partial charge in [-0.05, 0) is 18.6 Å². The van der Waals surface area contributed by atoms with E-state index in [1.807, 2.05) is 31.2 Å². The number of aryl methyl sites for hydroxylation is 1. The fourth-order valence-electron chi connectivity index (χ4n) is 2.14. The summed E-state index contributed by atoms with van der Waals surface area (Å²) in [5, 5.41) is 3.19. The zero-order valence-corrected chi connectivity index (χ0v) is 14.6. The molecular formula is C18H20ClNO4. The summed E-state index contributed by atoms with van der Waals surface area (Å²) in [5.74, 6) is 1.51. The molecule has 0 aliphatic rings. The Balaban J connectivity index is 1.96. The van der Waals surface area contributed by atoms with Crippen LogP contribution >= 0.6 is 11.6 Å². The minimum Gasteiger partial charge on any atom is -0.495 e. The van der Waals surface area contributed by atoms with Gasteiger partial charge in [0, 0.05) is 12.1 Å². The van der Waals surface area contributed by atoms with Gasteiger partial charge < -0.3 is 19.5 Å². The lowest BCUT2D eigenvalue weighted by Crippen LogP contribution is -2.16. The van der Waals surface area contributed by atoms with E-state index in [1.165, 1.54) is 14.2 Å². The van der Waals surface area contributed by atoms with Crippen molar-refractivity contribution >= 4 is 23.2 Å². The Bertz CT molecular complexity index is 718. The van der Waals surface area contributed by atoms with Crippen molar-refractivity contribution in [3.63, 3.8) is 0 Å². The smallest absolute Gasteiger partial charge is 0.227 e. The van der Waals surface area contributed by atoms with Gasteiger partial charge in [-0.1, -0.05) is 29.8 Å². The highest BCUT2D eigenvalue weighted by Crippen LogP contribution is 2.35. The van der Waals surface area contributed by atoms with Crippen LogP contribution in [0.4, 0.5) is 5.69 Å². The van der Waals surface area contributed by atoms with Crippen molar-refractivity contribution in [3.8, 4) is 17.2 Å². The van der Waals surface area contributed by atoms with Crippen molar-refractivity contribution in [2.24, 2.45) is 0 Å². The second kappa shape index (κ2) is 8.45. The molecule has 0 saturated heterocycles. The zero-order valence-electron chi connectivity index (χ0n) is 13.9. The summed E-state index contributed by atoms with van der Waals surface area (Å²) >= 11 is 6.05. The summed E-state index contributed by atoms with van der Waals surface area (Å²) in [6.45, 7) is 2.24. The molecule has 5 nitrogen and oxygen atoms in total. The number of halogens is 1. The molecular weight excluding hydrogens is 330 g/mol. The summed E-state index contributed by atoms with van der Waals surface area (Å²) in [7, 11) is 3.02. The van der Waals surface area contributed by atoms with Crippen LogP contribution in [0.25, 0.3) is 0 Å². The molecule has 128 valence electrons. The van der Waals surface area contributed by atoms with Crippen LogP contribution in [-0.4, -0.2) is 26.7 Å². The number of ether oxygens (including phenoxy) is 3. The summed E-state index contributed by atoms with van der Waals surface area (Å²) in [6, 6.07) is 10.9. The largest absolute Gasteiger partial charge is 0.495 e. The van der Waals surface area contributed by atoms with Gasteiger partial charge in [-0.3, -0.25) is 4.79 Å². The number of rotatable bonds is 7. The van der Waals surface area contributed by atoms with Crippen LogP contribution in [0.15, 0.2) is 36.4 Å². The number of carbonyl (C=O) groups is 1. The molecule has 2 aromatic rings. The average Bonchev–Trinajstić information content (AvgIpc) is 2.57. The molecule has 24 heavy (non-hydrogen) atoms. The molecule has 6 heteroatoms. The predicted octanol–water partition coefficient (Wildman–Crippen LogP) is 4.07. The number of nitrogens with one attached hydrogen (secondary N) is 1. The summed E-state index contributed by atoms with van der Waals surface area (Å²) in [6.07, 6.45) is 0.211. The number of hydrogen-bond donors (Lipinski definition) is 1. The summed E-state index contributed by atoms with van der Waals surface area (Å²) in [4.78, 5) is 12.1. The van der Waals surface area contributed by atoms with Gasteiger partial charge in [0.15, 0.2) is 0 Å². The van der Waals surface area contributed by atoms with Crippen molar-refractivity contribution < 1.29 is 19.0 Å². The maximum absolute atomic E-state index is 12.1. The molecule has 0 heterocycles. The van der Waals surface area contributed by atoms with E-state index in [-0.39, 0.29) is 18.9 Å². The monoisotopic (exact) mass is 349 g/mol. The maximum Gasteiger partial charge on any atom is 0.227 e. The number of amides is 1. The normalized spacial score (nSPS) is 10.2. The number of benzene rings is 2. The Morgan fingerprint density at radius 1 is 1.08 bits per heavy atom. The number of methoxy groups -OCH3 is 2. The van der Waals surface area contributed by atoms with Gasteiger partial charge in [0.1, 0.15) is 17.2 Å². The lowest BCUT2D eigenvalue weighted by Gasteiger charge is -2.13. The second-order valence-corrected chi connectivity index (χ2v) is 5.51. The first kappa shape index (κ1) is 17.9. The highest BCUT2D eigenvalue weighted by molar-refractivity contribution is 6.32. The van der Waals surface area contributed by atoms with Crippen molar-refractivity contribution in [3.05, 3.63) is 47.0 Å². The number of para-hydroxylation sites is 1. The van der Waals surface area contributed by atoms with E-state index in [9.17, 15) is 4.79 Å². The van der Waals surface area contributed by atoms with E-state index in [0.717, 1.165) is 11.3 Å². The highest BCUT2D eigenvalue weighted by atomic mass is 35.5. The summed E-state index contributed by atoms with van der Waals surface area (Å²) < 4.78 is 16.0. The molecule has 0 bridgehead atoms. The van der Waals surface area contributed by atoms with Gasteiger partial charge in [0.2, 0.25) is 5.91 Å². The molecule has 1 amide bonds. The highest BCUT2D eigenvalue weighted by Gasteiger charge is 2.12. The summed E-state index contributed by atoms with van der Waals surface area (Å²) in [5.41, 5.74) is 1.53. The third kappa shape index (κ3) is 4.55. The maximum atomic E-state index is 12.1. The Labute approximate surface area is 146 Å². The lowest BCUT2D eigenvalue weighted by molar-refractivity contribution is -0.116. The Morgan fingerprint density at radius 2 is 1.79 bits per heavy atom. The van der Waals surface area contributed by atoms with Crippen LogP contribution in [0, 0.1) is 6.92 Å². The van der Waals surface area contributed by atoms with Crippen molar-refractivity contribution in [2.45, 2.75) is 13.3 Å². The van der Waals surface area contributed by atoms with Crippen LogP contribution < -0.4 is 19.5 Å². The first-order valence-electron chi connectivity index (χ1n) is 7.45. The van der Waals surface area contributed by atoms with E-state index >= 15 is 0 Å². The number of anilines is 1. The third-order valence-corrected chi connectivity index (χ3v) is 3.72. The number of carbonyl (C=O) groups excluding carboxylic acids is 1. The molecule has 0 aliphatic heterocycles. The van der Waals surface area contributed by atoms with Gasteiger partial charge >= 0.3 is 0 Å². The van der Waals surface area contributed by atoms with Gasteiger partial charge in [-0.2, -0.15) is 0 Å². The van der Waals surface area contributed by atoms with E-state index in [0.29, 0.717) is 22.2 Å². The van der Waals surface area contributed by atoms with Crippen molar-refractivity contribution in [2.75, 3.05) is 26.1 Å². The molecule has 0 unspecified atom stereocenters. The second-order valence-electron chi connectivity index (χ2n) is 5.10. The average molecular weight is 350 g/mol. The van der Waals surface area contributed by atoms with E-state index in [4.69, 9.17) is 25.8 Å². The lowest BCUT2D eigenvalue weighted by atomic mass is 10.2. The van der Waals surface area contributed by atoms with Gasteiger partial charge in [0.25, 0.3) is 0 Å². The topological polar surface area (TPSA) is 56.8 Å².